The van der Waals surface area contributed by atoms with Gasteiger partial charge in [-0.05, 0) is 60.9 Å². The summed E-state index contributed by atoms with van der Waals surface area (Å²) in [4.78, 5) is 28.3. The highest BCUT2D eigenvalue weighted by Crippen LogP contribution is 2.51. The Balaban J connectivity index is 1.71. The number of amides is 2. The van der Waals surface area contributed by atoms with Crippen LogP contribution in [0.2, 0.25) is 0 Å². The van der Waals surface area contributed by atoms with Crippen molar-refractivity contribution in [1.82, 2.24) is 15.5 Å². The molecule has 2 aliphatic rings. The molecule has 1 unspecified atom stereocenters. The number of allylic oxidation sites excluding steroid dienone is 2. The van der Waals surface area contributed by atoms with E-state index in [0.717, 1.165) is 74.0 Å². The number of carbonyl (C=O) groups excluding carboxylic acids is 2. The van der Waals surface area contributed by atoms with Crippen LogP contribution in [0, 0.1) is 5.41 Å². The number of fused-ring (bicyclic) bond motifs is 1. The van der Waals surface area contributed by atoms with Crippen molar-refractivity contribution in [2.75, 3.05) is 26.2 Å². The first-order chi connectivity index (χ1) is 18.3. The van der Waals surface area contributed by atoms with Crippen LogP contribution in [0.4, 0.5) is 13.2 Å². The van der Waals surface area contributed by atoms with E-state index in [1.165, 1.54) is 0 Å². The van der Waals surface area contributed by atoms with Crippen LogP contribution in [0.25, 0.3) is 5.57 Å². The molecule has 1 fully saturated rings. The van der Waals surface area contributed by atoms with Crippen molar-refractivity contribution < 1.29 is 22.8 Å². The zero-order chi connectivity index (χ0) is 28.8. The molecule has 2 amide bonds. The molecule has 216 valence electrons. The standard InChI is InChI=1S/C31H44F3N3O2/c1-6-12-23-24-13-8-9-14-26(24)30(25(23)7-2,28(39)35-21-31(32,33)34)17-10-11-18-37-19-15-22(16-20-37)36-27(38)29(3,4)5/h7-9,13-14,22H,2,6,10-12,15-21H2,1,3-5H3,(H,35,39)(H,36,38). The van der Waals surface area contributed by atoms with Crippen LogP contribution in [-0.4, -0.2) is 55.1 Å². The van der Waals surface area contributed by atoms with Crippen LogP contribution < -0.4 is 10.6 Å². The smallest absolute Gasteiger partial charge is 0.353 e. The summed E-state index contributed by atoms with van der Waals surface area (Å²) in [5.74, 6) is -0.538. The summed E-state index contributed by atoms with van der Waals surface area (Å²) in [5.41, 5.74) is 1.87. The van der Waals surface area contributed by atoms with Crippen LogP contribution in [0.1, 0.15) is 83.8 Å². The first-order valence-electron chi connectivity index (χ1n) is 14.2. The summed E-state index contributed by atoms with van der Waals surface area (Å²) in [7, 11) is 0. The van der Waals surface area contributed by atoms with E-state index in [9.17, 15) is 22.8 Å². The first-order valence-corrected chi connectivity index (χ1v) is 14.2. The second-order valence-electron chi connectivity index (χ2n) is 11.9. The molecule has 0 radical (unpaired) electrons. The Morgan fingerprint density at radius 2 is 1.79 bits per heavy atom. The zero-order valence-corrected chi connectivity index (χ0v) is 23.8. The maximum atomic E-state index is 13.6. The van der Waals surface area contributed by atoms with E-state index in [4.69, 9.17) is 0 Å². The zero-order valence-electron chi connectivity index (χ0n) is 23.8. The van der Waals surface area contributed by atoms with Gasteiger partial charge in [-0.2, -0.15) is 13.2 Å². The Morgan fingerprint density at radius 1 is 1.13 bits per heavy atom. The lowest BCUT2D eigenvalue weighted by Gasteiger charge is -2.34. The van der Waals surface area contributed by atoms with Crippen LogP contribution in [-0.2, 0) is 15.0 Å². The van der Waals surface area contributed by atoms with Gasteiger partial charge in [0.15, 0.2) is 0 Å². The molecule has 1 atom stereocenters. The van der Waals surface area contributed by atoms with Crippen LogP contribution >= 0.6 is 0 Å². The quantitative estimate of drug-likeness (QED) is 0.327. The Morgan fingerprint density at radius 3 is 2.38 bits per heavy atom. The molecule has 1 heterocycles. The summed E-state index contributed by atoms with van der Waals surface area (Å²) in [5, 5.41) is 5.36. The molecule has 1 aromatic rings. The predicted molar refractivity (Wildman–Crippen MR) is 150 cm³/mol. The lowest BCUT2D eigenvalue weighted by Crippen LogP contribution is -2.48. The van der Waals surface area contributed by atoms with Crippen LogP contribution in [0.3, 0.4) is 0 Å². The lowest BCUT2D eigenvalue weighted by atomic mass is 9.72. The minimum Gasteiger partial charge on any atom is -0.353 e. The third-order valence-corrected chi connectivity index (χ3v) is 7.92. The molecule has 3 rings (SSSR count). The van der Waals surface area contributed by atoms with E-state index in [1.54, 1.807) is 6.08 Å². The molecule has 39 heavy (non-hydrogen) atoms. The third-order valence-electron chi connectivity index (χ3n) is 7.92. The van der Waals surface area contributed by atoms with Gasteiger partial charge in [0.1, 0.15) is 6.54 Å². The summed E-state index contributed by atoms with van der Waals surface area (Å²) in [6.45, 7) is 13.0. The van der Waals surface area contributed by atoms with Crippen molar-refractivity contribution in [2.45, 2.75) is 90.3 Å². The van der Waals surface area contributed by atoms with Gasteiger partial charge in [-0.15, -0.1) is 0 Å². The number of nitrogens with one attached hydrogen (secondary N) is 2. The minimum atomic E-state index is -4.49. The van der Waals surface area contributed by atoms with E-state index >= 15 is 0 Å². The number of alkyl halides is 3. The van der Waals surface area contributed by atoms with Gasteiger partial charge in [-0.1, -0.05) is 77.5 Å². The minimum absolute atomic E-state index is 0.0698. The van der Waals surface area contributed by atoms with Gasteiger partial charge in [-0.3, -0.25) is 9.59 Å². The maximum absolute atomic E-state index is 13.6. The fourth-order valence-corrected chi connectivity index (χ4v) is 5.87. The molecular formula is C31H44F3N3O2. The van der Waals surface area contributed by atoms with Crippen molar-refractivity contribution in [3.8, 4) is 0 Å². The van der Waals surface area contributed by atoms with Gasteiger partial charge in [-0.25, -0.2) is 0 Å². The molecule has 0 aromatic heterocycles. The van der Waals surface area contributed by atoms with Gasteiger partial charge in [0.05, 0.1) is 5.41 Å². The first kappa shape index (κ1) is 30.9. The number of benzene rings is 1. The predicted octanol–water partition coefficient (Wildman–Crippen LogP) is 6.15. The van der Waals surface area contributed by atoms with Crippen molar-refractivity contribution in [3.63, 3.8) is 0 Å². The van der Waals surface area contributed by atoms with Gasteiger partial charge >= 0.3 is 6.18 Å². The Labute approximate surface area is 231 Å². The van der Waals surface area contributed by atoms with Crippen LogP contribution in [0.5, 0.6) is 0 Å². The van der Waals surface area contributed by atoms with E-state index < -0.39 is 29.5 Å². The molecule has 0 spiro atoms. The maximum Gasteiger partial charge on any atom is 0.405 e. The molecule has 5 nitrogen and oxygen atoms in total. The number of hydrogen-bond acceptors (Lipinski definition) is 3. The van der Waals surface area contributed by atoms with E-state index in [0.29, 0.717) is 12.8 Å². The van der Waals surface area contributed by atoms with E-state index in [1.807, 2.05) is 45.0 Å². The van der Waals surface area contributed by atoms with Gasteiger partial charge in [0.25, 0.3) is 0 Å². The van der Waals surface area contributed by atoms with Gasteiger partial charge in [0.2, 0.25) is 11.8 Å². The number of likely N-dealkylation sites (tertiary alicyclic amines) is 1. The second kappa shape index (κ2) is 12.7. The molecule has 2 N–H and O–H groups in total. The highest BCUT2D eigenvalue weighted by molar-refractivity contribution is 6.01. The monoisotopic (exact) mass is 547 g/mol. The molecule has 1 aromatic carbocycles. The van der Waals surface area contributed by atoms with Crippen molar-refractivity contribution in [1.29, 1.82) is 0 Å². The summed E-state index contributed by atoms with van der Waals surface area (Å²) >= 11 is 0. The van der Waals surface area contributed by atoms with Crippen molar-refractivity contribution in [2.24, 2.45) is 5.41 Å². The molecule has 0 bridgehead atoms. The summed E-state index contributed by atoms with van der Waals surface area (Å²) in [6, 6.07) is 7.78. The van der Waals surface area contributed by atoms with Gasteiger partial charge < -0.3 is 15.5 Å². The van der Waals surface area contributed by atoms with Crippen LogP contribution in [0.15, 0.2) is 42.5 Å². The largest absolute Gasteiger partial charge is 0.405 e. The van der Waals surface area contributed by atoms with E-state index in [-0.39, 0.29) is 11.9 Å². The molecule has 0 saturated carbocycles. The summed E-state index contributed by atoms with van der Waals surface area (Å²) < 4.78 is 39.3. The third kappa shape index (κ3) is 7.33. The normalized spacial score (nSPS) is 20.6. The molecule has 8 heteroatoms. The number of nitrogens with zero attached hydrogens (tertiary/aromatic N) is 1. The van der Waals surface area contributed by atoms with Crippen molar-refractivity contribution in [3.05, 3.63) is 53.6 Å². The molecule has 1 saturated heterocycles. The summed E-state index contributed by atoms with van der Waals surface area (Å²) in [6.07, 6.45) is 2.48. The van der Waals surface area contributed by atoms with E-state index in [2.05, 4.69) is 29.0 Å². The van der Waals surface area contributed by atoms with Crippen molar-refractivity contribution >= 4 is 17.4 Å². The number of piperidine rings is 1. The topological polar surface area (TPSA) is 61.4 Å². The lowest BCUT2D eigenvalue weighted by molar-refractivity contribution is -0.141. The fraction of sp³-hybridized carbons (Fsp3) is 0.613. The molecule has 1 aliphatic heterocycles. The SMILES string of the molecule is C=CC1=C(CCC)c2ccccc2C1(CCCCN1CCC(NC(=O)C(C)(C)C)CC1)C(=O)NCC(F)(F)F. The number of unbranched alkanes of at least 4 members (excludes halogenated alkanes) is 1. The number of halogens is 3. The average molecular weight is 548 g/mol. The number of carbonyl (C=O) groups is 2. The number of hydrogen-bond donors (Lipinski definition) is 2. The fourth-order valence-electron chi connectivity index (χ4n) is 5.87. The highest BCUT2D eigenvalue weighted by atomic mass is 19.4. The Kier molecular flexibility index (Phi) is 10.1. The Bertz CT molecular complexity index is 1070. The average Bonchev–Trinajstić information content (AvgIpc) is 3.15. The molecule has 1 aliphatic carbocycles. The molecular weight excluding hydrogens is 503 g/mol. The highest BCUT2D eigenvalue weighted by Gasteiger charge is 2.49. The second-order valence-corrected chi connectivity index (χ2v) is 11.9. The Hall–Kier alpha value is -2.61. The van der Waals surface area contributed by atoms with Gasteiger partial charge in [0, 0.05) is 24.5 Å². The number of rotatable bonds is 11.